The van der Waals surface area contributed by atoms with Gasteiger partial charge in [0.25, 0.3) is 10.4 Å². The Morgan fingerprint density at radius 3 is 2.46 bits per heavy atom. The normalized spacial score (nSPS) is 11.2. The summed E-state index contributed by atoms with van der Waals surface area (Å²) in [5.41, 5.74) is 0. The van der Waals surface area contributed by atoms with Gasteiger partial charge in [0.15, 0.2) is 0 Å². The molecule has 0 aromatic carbocycles. The van der Waals surface area contributed by atoms with Crippen LogP contribution in [0.25, 0.3) is 0 Å². The molecule has 0 aliphatic rings. The van der Waals surface area contributed by atoms with Crippen molar-refractivity contribution in [3.8, 4) is 0 Å². The third-order valence-electron chi connectivity index (χ3n) is 1.24. The SMILES string of the molecule is CCCCC/C=C/OS(=O)(=O)[O-].[K+]. The van der Waals surface area contributed by atoms with Crippen molar-refractivity contribution in [1.82, 2.24) is 0 Å². The van der Waals surface area contributed by atoms with E-state index in [9.17, 15) is 13.0 Å². The first-order chi connectivity index (χ1) is 5.56. The second-order valence-corrected chi connectivity index (χ2v) is 3.38. The minimum absolute atomic E-state index is 0. The van der Waals surface area contributed by atoms with Crippen molar-refractivity contribution in [2.45, 2.75) is 32.6 Å². The maximum atomic E-state index is 9.89. The van der Waals surface area contributed by atoms with Crippen LogP contribution in [0.5, 0.6) is 0 Å². The first kappa shape index (κ1) is 16.5. The fourth-order valence-electron chi connectivity index (χ4n) is 0.688. The Balaban J connectivity index is 0. The van der Waals surface area contributed by atoms with Crippen molar-refractivity contribution in [2.75, 3.05) is 0 Å². The maximum Gasteiger partial charge on any atom is 1.00 e. The molecule has 0 N–H and O–H groups in total. The van der Waals surface area contributed by atoms with Crippen LogP contribution in [-0.2, 0) is 14.6 Å². The molecule has 72 valence electrons. The molecule has 6 heteroatoms. The number of unbranched alkanes of at least 4 members (excludes halogenated alkanes) is 3. The Hall–Kier alpha value is 1.09. The molecular formula is C7H13KO4S. The van der Waals surface area contributed by atoms with E-state index in [1.165, 1.54) is 6.08 Å². The molecular weight excluding hydrogens is 219 g/mol. The number of rotatable bonds is 6. The van der Waals surface area contributed by atoms with Crippen molar-refractivity contribution in [2.24, 2.45) is 0 Å². The Morgan fingerprint density at radius 2 is 2.00 bits per heavy atom. The second kappa shape index (κ2) is 9.63. The van der Waals surface area contributed by atoms with Gasteiger partial charge in [-0.25, -0.2) is 8.42 Å². The van der Waals surface area contributed by atoms with Gasteiger partial charge >= 0.3 is 51.4 Å². The van der Waals surface area contributed by atoms with Crippen molar-refractivity contribution in [1.29, 1.82) is 0 Å². The predicted molar refractivity (Wildman–Crippen MR) is 44.1 cm³/mol. The number of hydrogen-bond acceptors (Lipinski definition) is 4. The van der Waals surface area contributed by atoms with Gasteiger partial charge in [-0.1, -0.05) is 19.8 Å². The fourth-order valence-corrected chi connectivity index (χ4v) is 0.902. The topological polar surface area (TPSA) is 66.4 Å². The molecule has 0 aromatic heterocycles. The van der Waals surface area contributed by atoms with Crippen molar-refractivity contribution >= 4 is 10.4 Å². The maximum absolute atomic E-state index is 9.89. The zero-order chi connectivity index (χ0) is 9.45. The van der Waals surface area contributed by atoms with E-state index in [0.29, 0.717) is 0 Å². The van der Waals surface area contributed by atoms with Gasteiger partial charge in [0.1, 0.15) is 6.26 Å². The molecule has 0 aliphatic carbocycles. The van der Waals surface area contributed by atoms with Crippen LogP contribution in [0.3, 0.4) is 0 Å². The van der Waals surface area contributed by atoms with Gasteiger partial charge in [0, 0.05) is 0 Å². The van der Waals surface area contributed by atoms with Gasteiger partial charge in [0.05, 0.1) is 0 Å². The Bertz CT molecular complexity index is 223. The molecule has 0 rings (SSSR count). The minimum Gasteiger partial charge on any atom is -0.716 e. The Labute approximate surface area is 122 Å². The molecule has 0 spiro atoms. The average Bonchev–Trinajstić information content (AvgIpc) is 1.94. The average molecular weight is 232 g/mol. The summed E-state index contributed by atoms with van der Waals surface area (Å²) in [5, 5.41) is 0. The molecule has 13 heavy (non-hydrogen) atoms. The van der Waals surface area contributed by atoms with Gasteiger partial charge in [-0.05, 0) is 18.9 Å². The van der Waals surface area contributed by atoms with Gasteiger partial charge in [-0.2, -0.15) is 0 Å². The molecule has 0 bridgehead atoms. The Morgan fingerprint density at radius 1 is 1.38 bits per heavy atom. The van der Waals surface area contributed by atoms with Crippen molar-refractivity contribution in [3.05, 3.63) is 12.3 Å². The summed E-state index contributed by atoms with van der Waals surface area (Å²) in [7, 11) is -4.55. The molecule has 0 saturated heterocycles. The zero-order valence-electron chi connectivity index (χ0n) is 8.02. The fraction of sp³-hybridized carbons (Fsp3) is 0.714. The first-order valence-corrected chi connectivity index (χ1v) is 5.18. The van der Waals surface area contributed by atoms with Crippen LogP contribution in [0.2, 0.25) is 0 Å². The van der Waals surface area contributed by atoms with E-state index in [2.05, 4.69) is 11.1 Å². The van der Waals surface area contributed by atoms with E-state index in [0.717, 1.165) is 31.9 Å². The summed E-state index contributed by atoms with van der Waals surface area (Å²) in [6.07, 6.45) is 6.38. The summed E-state index contributed by atoms with van der Waals surface area (Å²) < 4.78 is 33.5. The standard InChI is InChI=1S/C7H14O4S.K/c1-2-3-4-5-6-7-11-12(8,9)10;/h6-7H,2-5H2,1H3,(H,8,9,10);/q;+1/p-1/b7-6+;. The largest absolute Gasteiger partial charge is 1.00 e. The third-order valence-corrected chi connectivity index (χ3v) is 1.59. The van der Waals surface area contributed by atoms with Crippen LogP contribution >= 0.6 is 0 Å². The van der Waals surface area contributed by atoms with Crippen LogP contribution in [0.4, 0.5) is 0 Å². The quantitative estimate of drug-likeness (QED) is 0.185. The summed E-state index contributed by atoms with van der Waals surface area (Å²) in [6, 6.07) is 0. The Kier molecular flexibility index (Phi) is 12.2. The molecule has 0 amide bonds. The van der Waals surface area contributed by atoms with E-state index in [1.54, 1.807) is 0 Å². The van der Waals surface area contributed by atoms with E-state index in [-0.39, 0.29) is 51.4 Å². The monoisotopic (exact) mass is 232 g/mol. The van der Waals surface area contributed by atoms with Gasteiger partial charge in [-0.3, -0.25) is 0 Å². The van der Waals surface area contributed by atoms with Gasteiger partial charge in [-0.15, -0.1) is 0 Å². The van der Waals surface area contributed by atoms with E-state index in [4.69, 9.17) is 0 Å². The van der Waals surface area contributed by atoms with E-state index < -0.39 is 10.4 Å². The van der Waals surface area contributed by atoms with Crippen LogP contribution in [-0.4, -0.2) is 13.0 Å². The first-order valence-electron chi connectivity index (χ1n) is 3.85. The van der Waals surface area contributed by atoms with Crippen LogP contribution in [0, 0.1) is 0 Å². The van der Waals surface area contributed by atoms with Crippen LogP contribution in [0.15, 0.2) is 12.3 Å². The summed E-state index contributed by atoms with van der Waals surface area (Å²) in [5.74, 6) is 0. The summed E-state index contributed by atoms with van der Waals surface area (Å²) >= 11 is 0. The molecule has 0 aromatic rings. The molecule has 0 saturated carbocycles. The van der Waals surface area contributed by atoms with Crippen molar-refractivity contribution in [3.63, 3.8) is 0 Å². The minimum atomic E-state index is -4.55. The molecule has 0 fully saturated rings. The number of hydrogen-bond donors (Lipinski definition) is 0. The van der Waals surface area contributed by atoms with Crippen LogP contribution in [0.1, 0.15) is 32.6 Å². The van der Waals surface area contributed by atoms with E-state index >= 15 is 0 Å². The molecule has 0 aliphatic heterocycles. The summed E-state index contributed by atoms with van der Waals surface area (Å²) in [4.78, 5) is 0. The molecule has 0 atom stereocenters. The third kappa shape index (κ3) is 15.8. The predicted octanol–water partition coefficient (Wildman–Crippen LogP) is -1.44. The zero-order valence-corrected chi connectivity index (χ0v) is 12.0. The second-order valence-electron chi connectivity index (χ2n) is 2.37. The smallest absolute Gasteiger partial charge is 0.716 e. The molecule has 4 nitrogen and oxygen atoms in total. The van der Waals surface area contributed by atoms with Gasteiger partial charge < -0.3 is 8.74 Å². The molecule has 0 heterocycles. The molecule has 0 unspecified atom stereocenters. The summed E-state index contributed by atoms with van der Waals surface area (Å²) in [6.45, 7) is 2.07. The van der Waals surface area contributed by atoms with Crippen molar-refractivity contribution < 1.29 is 68.5 Å². The van der Waals surface area contributed by atoms with Gasteiger partial charge in [0.2, 0.25) is 0 Å². The molecule has 0 radical (unpaired) electrons. The van der Waals surface area contributed by atoms with Crippen LogP contribution < -0.4 is 51.4 Å². The number of allylic oxidation sites excluding steroid dienone is 1. The van der Waals surface area contributed by atoms with E-state index in [1.807, 2.05) is 0 Å².